The Balaban J connectivity index is 1.70. The molecule has 0 bridgehead atoms. The summed E-state index contributed by atoms with van der Waals surface area (Å²) in [6.07, 6.45) is 1.86. The second-order valence-corrected chi connectivity index (χ2v) is 9.07. The van der Waals surface area contributed by atoms with E-state index in [1.54, 1.807) is 4.90 Å². The van der Waals surface area contributed by atoms with Gasteiger partial charge in [0.2, 0.25) is 0 Å². The van der Waals surface area contributed by atoms with E-state index in [2.05, 4.69) is 9.88 Å². The average molecular weight is 466 g/mol. The number of hydrogen-bond donors (Lipinski definition) is 1. The van der Waals surface area contributed by atoms with Gasteiger partial charge < -0.3 is 18.9 Å². The largest absolute Gasteiger partial charge is 0.495 e. The number of fused-ring (bicyclic) bond motifs is 1. The number of carbonyl (C=O) groups is 1. The van der Waals surface area contributed by atoms with Crippen LogP contribution in [0.15, 0.2) is 39.8 Å². The molecule has 4 rings (SSSR count). The normalized spacial score (nSPS) is 14.1. The quantitative estimate of drug-likeness (QED) is 0.592. The molecular formula is C20H20ClN3O6S. The summed E-state index contributed by atoms with van der Waals surface area (Å²) in [6.45, 7) is 1.29. The number of likely N-dealkylation sites (tertiary alicyclic amines) is 1. The second-order valence-electron chi connectivity index (χ2n) is 6.98. The van der Waals surface area contributed by atoms with Crippen molar-refractivity contribution >= 4 is 44.2 Å². The van der Waals surface area contributed by atoms with Crippen molar-refractivity contribution in [3.8, 4) is 11.5 Å². The molecule has 1 aliphatic heterocycles. The standard InChI is InChI=1S/C20H20ClN3O6S/c1-28-17-11-18(29-2)15(10-14(17)21)23-31(26,27)12-5-6-16-13(9-12)19(22-30-16)20(25)24-7-3-4-8-24/h5-6,9-11,23H,3-4,7-8H2,1-2H3. The number of anilines is 1. The number of carbonyl (C=O) groups excluding carboxylic acids is 1. The van der Waals surface area contributed by atoms with Gasteiger partial charge in [-0.05, 0) is 37.1 Å². The number of hydrogen-bond acceptors (Lipinski definition) is 7. The van der Waals surface area contributed by atoms with Crippen LogP contribution in [-0.2, 0) is 10.0 Å². The summed E-state index contributed by atoms with van der Waals surface area (Å²) >= 11 is 6.14. The molecule has 0 spiro atoms. The minimum atomic E-state index is -4.04. The SMILES string of the molecule is COc1cc(OC)c(NS(=O)(=O)c2ccc3onc(C(=O)N4CCCC4)c3c2)cc1Cl. The first-order valence-corrected chi connectivity index (χ1v) is 11.3. The lowest BCUT2D eigenvalue weighted by Crippen LogP contribution is -2.28. The van der Waals surface area contributed by atoms with Gasteiger partial charge in [-0.2, -0.15) is 0 Å². The Bertz CT molecular complexity index is 1250. The van der Waals surface area contributed by atoms with Gasteiger partial charge in [-0.25, -0.2) is 8.42 Å². The van der Waals surface area contributed by atoms with E-state index in [-0.39, 0.29) is 33.0 Å². The fraction of sp³-hybridized carbons (Fsp3) is 0.300. The first-order chi connectivity index (χ1) is 14.8. The molecule has 0 atom stereocenters. The molecule has 0 aliphatic carbocycles. The maximum Gasteiger partial charge on any atom is 0.276 e. The van der Waals surface area contributed by atoms with Crippen LogP contribution in [0.25, 0.3) is 11.0 Å². The number of benzene rings is 2. The van der Waals surface area contributed by atoms with Crippen LogP contribution in [0.3, 0.4) is 0 Å². The minimum Gasteiger partial charge on any atom is -0.495 e. The highest BCUT2D eigenvalue weighted by Crippen LogP contribution is 2.37. The Hall–Kier alpha value is -2.98. The van der Waals surface area contributed by atoms with Crippen molar-refractivity contribution in [2.75, 3.05) is 32.0 Å². The smallest absolute Gasteiger partial charge is 0.276 e. The zero-order chi connectivity index (χ0) is 22.2. The van der Waals surface area contributed by atoms with E-state index in [9.17, 15) is 13.2 Å². The summed E-state index contributed by atoms with van der Waals surface area (Å²) in [5.74, 6) is 0.306. The molecule has 1 aliphatic rings. The lowest BCUT2D eigenvalue weighted by Gasteiger charge is -2.14. The van der Waals surface area contributed by atoms with Gasteiger partial charge in [0.25, 0.3) is 15.9 Å². The molecule has 3 aromatic rings. The summed E-state index contributed by atoms with van der Waals surface area (Å²) in [5, 5.41) is 4.42. The van der Waals surface area contributed by atoms with Crippen molar-refractivity contribution in [2.45, 2.75) is 17.7 Å². The number of nitrogens with one attached hydrogen (secondary N) is 1. The number of sulfonamides is 1. The van der Waals surface area contributed by atoms with Crippen molar-refractivity contribution in [2.24, 2.45) is 0 Å². The van der Waals surface area contributed by atoms with Gasteiger partial charge in [0.1, 0.15) is 11.5 Å². The Labute approximate surface area is 183 Å². The van der Waals surface area contributed by atoms with Gasteiger partial charge in [0.05, 0.1) is 35.2 Å². The third-order valence-electron chi connectivity index (χ3n) is 5.07. The van der Waals surface area contributed by atoms with Crippen LogP contribution in [0.1, 0.15) is 23.3 Å². The van der Waals surface area contributed by atoms with Gasteiger partial charge in [-0.15, -0.1) is 0 Å². The summed E-state index contributed by atoms with van der Waals surface area (Å²) in [7, 11) is -1.19. The Kier molecular flexibility index (Phi) is 5.67. The zero-order valence-corrected chi connectivity index (χ0v) is 18.4. The van der Waals surface area contributed by atoms with Crippen LogP contribution in [0.2, 0.25) is 5.02 Å². The van der Waals surface area contributed by atoms with E-state index < -0.39 is 10.0 Å². The molecule has 1 amide bonds. The van der Waals surface area contributed by atoms with Crippen LogP contribution in [0.4, 0.5) is 5.69 Å². The summed E-state index contributed by atoms with van der Waals surface area (Å²) in [4.78, 5) is 14.4. The van der Waals surface area contributed by atoms with Crippen LogP contribution >= 0.6 is 11.6 Å². The molecule has 1 saturated heterocycles. The summed E-state index contributed by atoms with van der Waals surface area (Å²) in [5.41, 5.74) is 0.567. The Morgan fingerprint density at radius 1 is 1.13 bits per heavy atom. The Morgan fingerprint density at radius 2 is 1.84 bits per heavy atom. The molecule has 0 unspecified atom stereocenters. The van der Waals surface area contributed by atoms with E-state index >= 15 is 0 Å². The highest BCUT2D eigenvalue weighted by molar-refractivity contribution is 7.92. The molecule has 11 heteroatoms. The van der Waals surface area contributed by atoms with Crippen molar-refractivity contribution in [3.63, 3.8) is 0 Å². The summed E-state index contributed by atoms with van der Waals surface area (Å²) in [6, 6.07) is 7.09. The number of ether oxygens (including phenoxy) is 2. The number of halogens is 1. The van der Waals surface area contributed by atoms with E-state index in [4.69, 9.17) is 25.6 Å². The van der Waals surface area contributed by atoms with Crippen LogP contribution in [-0.4, -0.2) is 51.7 Å². The molecule has 9 nitrogen and oxygen atoms in total. The van der Waals surface area contributed by atoms with Crippen molar-refractivity contribution in [1.82, 2.24) is 10.1 Å². The third kappa shape index (κ3) is 4.00. The first-order valence-electron chi connectivity index (χ1n) is 9.47. The Morgan fingerprint density at radius 3 is 2.52 bits per heavy atom. The second kappa shape index (κ2) is 8.27. The predicted octanol–water partition coefficient (Wildman–Crippen LogP) is 3.54. The first kappa shape index (κ1) is 21.3. The van der Waals surface area contributed by atoms with Gasteiger partial charge >= 0.3 is 0 Å². The molecular weight excluding hydrogens is 446 g/mol. The highest BCUT2D eigenvalue weighted by atomic mass is 35.5. The minimum absolute atomic E-state index is 0.0623. The lowest BCUT2D eigenvalue weighted by molar-refractivity contribution is 0.0784. The topological polar surface area (TPSA) is 111 Å². The molecule has 2 heterocycles. The molecule has 1 aromatic heterocycles. The van der Waals surface area contributed by atoms with E-state index in [1.807, 2.05) is 0 Å². The molecule has 2 aromatic carbocycles. The van der Waals surface area contributed by atoms with Crippen LogP contribution in [0.5, 0.6) is 11.5 Å². The van der Waals surface area contributed by atoms with Crippen LogP contribution < -0.4 is 14.2 Å². The number of nitrogens with zero attached hydrogens (tertiary/aromatic N) is 2. The molecule has 0 radical (unpaired) electrons. The lowest BCUT2D eigenvalue weighted by atomic mass is 10.2. The van der Waals surface area contributed by atoms with Crippen molar-refractivity contribution < 1.29 is 27.2 Å². The van der Waals surface area contributed by atoms with Gasteiger partial charge in [0.15, 0.2) is 11.3 Å². The van der Waals surface area contributed by atoms with Crippen molar-refractivity contribution in [1.29, 1.82) is 0 Å². The maximum absolute atomic E-state index is 13.1. The van der Waals surface area contributed by atoms with E-state index in [1.165, 1.54) is 44.6 Å². The number of amides is 1. The maximum atomic E-state index is 13.1. The van der Waals surface area contributed by atoms with Gasteiger partial charge in [-0.1, -0.05) is 16.8 Å². The van der Waals surface area contributed by atoms with E-state index in [0.29, 0.717) is 29.8 Å². The molecule has 164 valence electrons. The zero-order valence-electron chi connectivity index (χ0n) is 16.8. The average Bonchev–Trinajstić information content (AvgIpc) is 3.43. The molecule has 1 fully saturated rings. The number of aromatic nitrogens is 1. The van der Waals surface area contributed by atoms with E-state index in [0.717, 1.165) is 12.8 Å². The number of rotatable bonds is 6. The molecule has 31 heavy (non-hydrogen) atoms. The van der Waals surface area contributed by atoms with Crippen molar-refractivity contribution in [3.05, 3.63) is 41.0 Å². The number of methoxy groups -OCH3 is 2. The predicted molar refractivity (Wildman–Crippen MR) is 115 cm³/mol. The molecule has 1 N–H and O–H groups in total. The highest BCUT2D eigenvalue weighted by Gasteiger charge is 2.26. The third-order valence-corrected chi connectivity index (χ3v) is 6.72. The van der Waals surface area contributed by atoms with Crippen LogP contribution in [0, 0.1) is 0 Å². The fourth-order valence-corrected chi connectivity index (χ4v) is 4.78. The summed E-state index contributed by atoms with van der Waals surface area (Å²) < 4.78 is 44.2. The fourth-order valence-electron chi connectivity index (χ4n) is 3.45. The van der Waals surface area contributed by atoms with Gasteiger partial charge in [0, 0.05) is 19.2 Å². The van der Waals surface area contributed by atoms with Gasteiger partial charge in [-0.3, -0.25) is 9.52 Å². The monoisotopic (exact) mass is 465 g/mol. The molecule has 0 saturated carbocycles.